The summed E-state index contributed by atoms with van der Waals surface area (Å²) in [5, 5.41) is -0.534. The van der Waals surface area contributed by atoms with E-state index < -0.39 is 15.3 Å². The maximum Gasteiger partial charge on any atom is 0.215 e. The lowest BCUT2D eigenvalue weighted by molar-refractivity contribution is 0.0567. The molecule has 0 amide bonds. The highest BCUT2D eigenvalue weighted by atomic mass is 32.2. The van der Waals surface area contributed by atoms with Gasteiger partial charge in [-0.1, -0.05) is 18.2 Å². The first-order valence-corrected chi connectivity index (χ1v) is 8.77. The third-order valence-electron chi connectivity index (χ3n) is 3.64. The maximum absolute atomic E-state index is 13.8. The summed E-state index contributed by atoms with van der Waals surface area (Å²) in [6.45, 7) is 4.36. The van der Waals surface area contributed by atoms with E-state index in [-0.39, 0.29) is 17.8 Å². The number of ether oxygens (including phenoxy) is 1. The number of rotatable bonds is 5. The molecule has 1 N–H and O–H groups in total. The van der Waals surface area contributed by atoms with Crippen LogP contribution in [0.3, 0.4) is 0 Å². The van der Waals surface area contributed by atoms with Crippen LogP contribution in [0.4, 0.5) is 4.39 Å². The molecule has 2 rings (SSSR count). The van der Waals surface area contributed by atoms with Crippen LogP contribution in [0.15, 0.2) is 24.3 Å². The topological polar surface area (TPSA) is 55.4 Å². The summed E-state index contributed by atoms with van der Waals surface area (Å²) in [5.74, 6) is -0.525. The van der Waals surface area contributed by atoms with Gasteiger partial charge in [0.2, 0.25) is 10.0 Å². The number of halogens is 1. The monoisotopic (exact) mass is 315 g/mol. The zero-order chi connectivity index (χ0) is 15.5. The van der Waals surface area contributed by atoms with E-state index >= 15 is 0 Å². The first-order chi connectivity index (χ1) is 9.90. The zero-order valence-corrected chi connectivity index (χ0v) is 13.2. The molecule has 6 heteroatoms. The number of hydrogen-bond donors (Lipinski definition) is 1. The minimum atomic E-state index is -3.42. The molecule has 0 unspecified atom stereocenters. The predicted octanol–water partition coefficient (Wildman–Crippen LogP) is 2.10. The molecule has 21 heavy (non-hydrogen) atoms. The van der Waals surface area contributed by atoms with Crippen molar-refractivity contribution in [3.8, 4) is 0 Å². The Hall–Kier alpha value is -0.980. The van der Waals surface area contributed by atoms with Gasteiger partial charge in [0.25, 0.3) is 0 Å². The Morgan fingerprint density at radius 1 is 1.38 bits per heavy atom. The first-order valence-electron chi connectivity index (χ1n) is 7.22. The largest absolute Gasteiger partial charge is 0.381 e. The van der Waals surface area contributed by atoms with Gasteiger partial charge in [-0.3, -0.25) is 0 Å². The Bertz CT molecular complexity index is 574. The van der Waals surface area contributed by atoms with Gasteiger partial charge >= 0.3 is 0 Å². The second kappa shape index (κ2) is 6.85. The Kier molecular flexibility index (Phi) is 5.35. The maximum atomic E-state index is 13.8. The summed E-state index contributed by atoms with van der Waals surface area (Å²) in [4.78, 5) is 0. The molecule has 1 fully saturated rings. The summed E-state index contributed by atoms with van der Waals surface area (Å²) in [5.41, 5.74) is 0.540. The van der Waals surface area contributed by atoms with Gasteiger partial charge in [-0.15, -0.1) is 0 Å². The van der Waals surface area contributed by atoms with Gasteiger partial charge in [-0.2, -0.15) is 0 Å². The molecule has 4 nitrogen and oxygen atoms in total. The lowest BCUT2D eigenvalue weighted by atomic mass is 9.93. The van der Waals surface area contributed by atoms with Crippen LogP contribution in [0, 0.1) is 11.7 Å². The van der Waals surface area contributed by atoms with Crippen molar-refractivity contribution < 1.29 is 17.5 Å². The fraction of sp³-hybridized carbons (Fsp3) is 0.600. The summed E-state index contributed by atoms with van der Waals surface area (Å²) in [6.07, 6.45) is 0.817. The van der Waals surface area contributed by atoms with Crippen molar-refractivity contribution >= 4 is 10.0 Å². The molecule has 0 spiro atoms. The van der Waals surface area contributed by atoms with Gasteiger partial charge in [0, 0.05) is 18.6 Å². The standard InChI is InChI=1S/C15H22FNO3S/c1-11(2)17-21(18,19)15-7-8-20-10-13(15)9-12-5-3-4-6-14(12)16/h3-6,11,13,15,17H,7-10H2,1-2H3/t13-,15+/m1/s1. The molecule has 1 heterocycles. The Morgan fingerprint density at radius 3 is 2.76 bits per heavy atom. The highest BCUT2D eigenvalue weighted by molar-refractivity contribution is 7.90. The Morgan fingerprint density at radius 2 is 2.10 bits per heavy atom. The fourth-order valence-electron chi connectivity index (χ4n) is 2.74. The van der Waals surface area contributed by atoms with E-state index in [1.54, 1.807) is 32.0 Å². The summed E-state index contributed by atoms with van der Waals surface area (Å²) in [7, 11) is -3.42. The molecule has 0 aromatic heterocycles. The van der Waals surface area contributed by atoms with Crippen LogP contribution in [0.5, 0.6) is 0 Å². The first kappa shape index (κ1) is 16.4. The van der Waals surface area contributed by atoms with Crippen LogP contribution >= 0.6 is 0 Å². The van der Waals surface area contributed by atoms with Gasteiger partial charge in [0.1, 0.15) is 5.82 Å². The fourth-order valence-corrected chi connectivity index (χ4v) is 4.66. The average Bonchev–Trinajstić information content (AvgIpc) is 2.40. The molecule has 1 aromatic rings. The third-order valence-corrected chi connectivity index (χ3v) is 5.86. The van der Waals surface area contributed by atoms with E-state index in [0.717, 1.165) is 0 Å². The summed E-state index contributed by atoms with van der Waals surface area (Å²) >= 11 is 0. The minimum Gasteiger partial charge on any atom is -0.381 e. The summed E-state index contributed by atoms with van der Waals surface area (Å²) in [6, 6.07) is 6.34. The minimum absolute atomic E-state index is 0.146. The SMILES string of the molecule is CC(C)NS(=O)(=O)[C@H]1CCOC[C@H]1Cc1ccccc1F. The predicted molar refractivity (Wildman–Crippen MR) is 80.0 cm³/mol. The molecular weight excluding hydrogens is 293 g/mol. The lowest BCUT2D eigenvalue weighted by Gasteiger charge is -2.32. The number of hydrogen-bond acceptors (Lipinski definition) is 3. The van der Waals surface area contributed by atoms with Crippen LogP contribution in [0.1, 0.15) is 25.8 Å². The van der Waals surface area contributed by atoms with E-state index in [1.807, 2.05) is 0 Å². The summed E-state index contributed by atoms with van der Waals surface area (Å²) < 4.78 is 46.7. The normalized spacial score (nSPS) is 23.4. The highest BCUT2D eigenvalue weighted by Gasteiger charge is 2.36. The number of nitrogens with one attached hydrogen (secondary N) is 1. The van der Waals surface area contributed by atoms with Crippen molar-refractivity contribution in [1.82, 2.24) is 4.72 Å². The third kappa shape index (κ3) is 4.25. The van der Waals surface area contributed by atoms with Crippen molar-refractivity contribution in [3.05, 3.63) is 35.6 Å². The van der Waals surface area contributed by atoms with E-state index in [9.17, 15) is 12.8 Å². The molecule has 2 atom stereocenters. The van der Waals surface area contributed by atoms with E-state index in [4.69, 9.17) is 4.74 Å². The molecule has 1 aliphatic rings. The van der Waals surface area contributed by atoms with Crippen LogP contribution in [0.2, 0.25) is 0 Å². The van der Waals surface area contributed by atoms with Crippen molar-refractivity contribution in [2.75, 3.05) is 13.2 Å². The average molecular weight is 315 g/mol. The van der Waals surface area contributed by atoms with Crippen molar-refractivity contribution in [1.29, 1.82) is 0 Å². The van der Waals surface area contributed by atoms with E-state index in [0.29, 0.717) is 31.6 Å². The molecule has 0 bridgehead atoms. The molecular formula is C15H22FNO3S. The van der Waals surface area contributed by atoms with E-state index in [1.165, 1.54) is 6.07 Å². The molecule has 1 aromatic carbocycles. The Balaban J connectivity index is 2.18. The second-order valence-electron chi connectivity index (χ2n) is 5.78. The highest BCUT2D eigenvalue weighted by Crippen LogP contribution is 2.26. The smallest absolute Gasteiger partial charge is 0.215 e. The van der Waals surface area contributed by atoms with Gasteiger partial charge in [0.05, 0.1) is 11.9 Å². The van der Waals surface area contributed by atoms with Crippen LogP contribution < -0.4 is 4.72 Å². The molecule has 0 saturated carbocycles. The van der Waals surface area contributed by atoms with Crippen LogP contribution in [0.25, 0.3) is 0 Å². The van der Waals surface area contributed by atoms with Crippen LogP contribution in [-0.2, 0) is 21.2 Å². The zero-order valence-electron chi connectivity index (χ0n) is 12.4. The molecule has 1 aliphatic heterocycles. The van der Waals surface area contributed by atoms with Crippen LogP contribution in [-0.4, -0.2) is 32.9 Å². The number of sulfonamides is 1. The van der Waals surface area contributed by atoms with Crippen molar-refractivity contribution in [2.45, 2.75) is 38.0 Å². The van der Waals surface area contributed by atoms with Crippen molar-refractivity contribution in [2.24, 2.45) is 5.92 Å². The van der Waals surface area contributed by atoms with E-state index in [2.05, 4.69) is 4.72 Å². The molecule has 118 valence electrons. The number of benzene rings is 1. The van der Waals surface area contributed by atoms with Gasteiger partial charge < -0.3 is 4.74 Å². The van der Waals surface area contributed by atoms with Gasteiger partial charge in [-0.25, -0.2) is 17.5 Å². The Labute approximate surface area is 125 Å². The molecule has 1 saturated heterocycles. The van der Waals surface area contributed by atoms with Crippen molar-refractivity contribution in [3.63, 3.8) is 0 Å². The second-order valence-corrected chi connectivity index (χ2v) is 7.71. The quantitative estimate of drug-likeness (QED) is 0.905. The molecule has 0 radical (unpaired) electrons. The molecule has 0 aliphatic carbocycles. The lowest BCUT2D eigenvalue weighted by Crippen LogP contribution is -2.46. The van der Waals surface area contributed by atoms with Gasteiger partial charge in [-0.05, 0) is 38.3 Å². The van der Waals surface area contributed by atoms with Gasteiger partial charge in [0.15, 0.2) is 0 Å².